The topological polar surface area (TPSA) is 111 Å². The normalized spacial score (nSPS) is 16.2. The Balaban J connectivity index is 0.00000387. The summed E-state index contributed by atoms with van der Waals surface area (Å²) >= 11 is 0. The fraction of sp³-hybridized carbons (Fsp3) is 0. The Labute approximate surface area is 310 Å². The Morgan fingerprint density at radius 2 is 0.904 bits per heavy atom. The molecule has 7 nitrogen and oxygen atoms in total. The van der Waals surface area contributed by atoms with Crippen LogP contribution in [0.25, 0.3) is 27.8 Å². The van der Waals surface area contributed by atoms with Crippen LogP contribution in [-0.4, -0.2) is 27.6 Å². The summed E-state index contributed by atoms with van der Waals surface area (Å²) in [5.74, 6) is -0.508. The summed E-state index contributed by atoms with van der Waals surface area (Å²) in [5, 5.41) is 15.6. The zero-order chi connectivity index (χ0) is 34.3. The SMILES string of the molecule is [Cu+2].[N-]=[N+]=C1C2=NC(=C1[O-])C(c1ccccc1)=C1C=CC(=N1)C(c1ccccc1)=C1C=CC(=N1)C(c1ccccc1)=c1ccc([n-]1)=C2c1ccccc1. The Bertz CT molecular complexity index is 2710. The van der Waals surface area contributed by atoms with Gasteiger partial charge in [0.25, 0.3) is 0 Å². The molecule has 8 bridgehead atoms. The van der Waals surface area contributed by atoms with Crippen LogP contribution < -0.4 is 20.8 Å². The predicted octanol–water partition coefficient (Wildman–Crippen LogP) is 5.59. The summed E-state index contributed by atoms with van der Waals surface area (Å²) in [6, 6.07) is 43.2. The predicted molar refractivity (Wildman–Crippen MR) is 200 cm³/mol. The Hall–Kier alpha value is -6.69. The summed E-state index contributed by atoms with van der Waals surface area (Å²) in [4.78, 5) is 24.2. The third-order valence-corrected chi connectivity index (χ3v) is 9.16. The summed E-state index contributed by atoms with van der Waals surface area (Å²) in [7, 11) is 0. The van der Waals surface area contributed by atoms with Gasteiger partial charge in [-0.2, -0.15) is 4.79 Å². The van der Waals surface area contributed by atoms with E-state index in [0.29, 0.717) is 33.3 Å². The molecule has 4 aromatic carbocycles. The number of benzene rings is 4. The molecule has 4 aliphatic heterocycles. The maximum atomic E-state index is 14.4. The minimum absolute atomic E-state index is 0. The first-order valence-electron chi connectivity index (χ1n) is 16.5. The van der Waals surface area contributed by atoms with Crippen molar-refractivity contribution in [2.45, 2.75) is 0 Å². The molecule has 0 N–H and O–H groups in total. The van der Waals surface area contributed by atoms with Crippen molar-refractivity contribution in [2.75, 3.05) is 0 Å². The van der Waals surface area contributed by atoms with Crippen molar-refractivity contribution in [2.24, 2.45) is 15.0 Å². The Morgan fingerprint density at radius 1 is 0.481 bits per heavy atom. The number of hydrogen-bond acceptors (Lipinski definition) is 4. The first-order valence-corrected chi connectivity index (χ1v) is 16.5. The molecule has 8 heteroatoms. The Kier molecular flexibility index (Phi) is 8.47. The molecule has 5 aromatic rings. The molecule has 0 aliphatic carbocycles. The average Bonchev–Trinajstić information content (AvgIpc) is 4.01. The standard InChI is InChI=1S/C44H27N6O.Cu/c45-50-43-41-39(29-17-9-3-10-18-29)35-25-23-33(47-35)37(27-13-5-1-6-14-27)31-21-22-32(46-31)38(28-15-7-2-8-16-28)34-24-26-36(48-34)40(42(49-41)44(43)51)30-19-11-4-12-20-30;/h1-26H,(H-,46,47,48,49,51);/q-1;+2/p-1. The molecule has 0 unspecified atom stereocenters. The summed E-state index contributed by atoms with van der Waals surface area (Å²) in [6.45, 7) is 0. The van der Waals surface area contributed by atoms with Crippen LogP contribution in [0.4, 0.5) is 0 Å². The fourth-order valence-electron chi connectivity index (χ4n) is 6.88. The van der Waals surface area contributed by atoms with Gasteiger partial charge in [0.05, 0.1) is 28.5 Å². The van der Waals surface area contributed by atoms with Crippen molar-refractivity contribution >= 4 is 45.1 Å². The van der Waals surface area contributed by atoms with Gasteiger partial charge in [-0.05, 0) is 52.1 Å². The van der Waals surface area contributed by atoms with Gasteiger partial charge < -0.3 is 15.6 Å². The van der Waals surface area contributed by atoms with Crippen LogP contribution in [0.15, 0.2) is 196 Å². The molecule has 0 fully saturated rings. The van der Waals surface area contributed by atoms with E-state index < -0.39 is 5.76 Å². The van der Waals surface area contributed by atoms with Crippen molar-refractivity contribution in [3.8, 4) is 0 Å². The van der Waals surface area contributed by atoms with Crippen LogP contribution in [-0.2, 0) is 17.1 Å². The zero-order valence-corrected chi connectivity index (χ0v) is 28.3. The number of hydrogen-bond donors (Lipinski definition) is 0. The summed E-state index contributed by atoms with van der Waals surface area (Å²) in [5.41, 5.74) is 19.6. The first kappa shape index (κ1) is 32.5. The third kappa shape index (κ3) is 5.54. The van der Waals surface area contributed by atoms with Gasteiger partial charge in [0.1, 0.15) is 0 Å². The quantitative estimate of drug-likeness (QED) is 0.137. The molecular formula is C44H26CuN6O. The molecule has 9 rings (SSSR count). The van der Waals surface area contributed by atoms with Gasteiger partial charge >= 0.3 is 22.8 Å². The van der Waals surface area contributed by atoms with E-state index in [1.165, 1.54) is 0 Å². The van der Waals surface area contributed by atoms with E-state index in [4.69, 9.17) is 20.0 Å². The second-order valence-electron chi connectivity index (χ2n) is 12.2. The third-order valence-electron chi connectivity index (χ3n) is 9.16. The van der Waals surface area contributed by atoms with E-state index in [9.17, 15) is 10.6 Å². The largest absolute Gasteiger partial charge is 2.00 e. The van der Waals surface area contributed by atoms with Crippen molar-refractivity contribution in [1.82, 2.24) is 4.98 Å². The maximum Gasteiger partial charge on any atom is 2.00 e. The molecule has 1 aromatic heterocycles. The molecule has 0 amide bonds. The second-order valence-corrected chi connectivity index (χ2v) is 12.2. The summed E-state index contributed by atoms with van der Waals surface area (Å²) < 4.78 is 0. The van der Waals surface area contributed by atoms with Crippen molar-refractivity contribution in [1.29, 1.82) is 0 Å². The van der Waals surface area contributed by atoms with Crippen LogP contribution in [0.5, 0.6) is 0 Å². The van der Waals surface area contributed by atoms with E-state index in [0.717, 1.165) is 44.8 Å². The van der Waals surface area contributed by atoms with E-state index in [-0.39, 0.29) is 34.2 Å². The molecule has 0 saturated heterocycles. The molecule has 1 radical (unpaired) electrons. The van der Waals surface area contributed by atoms with Gasteiger partial charge in [-0.1, -0.05) is 133 Å². The van der Waals surface area contributed by atoms with Crippen LogP contribution >= 0.6 is 0 Å². The number of rotatable bonds is 4. The van der Waals surface area contributed by atoms with E-state index in [2.05, 4.69) is 4.79 Å². The first-order chi connectivity index (χ1) is 25.2. The zero-order valence-electron chi connectivity index (χ0n) is 27.4. The molecule has 0 saturated carbocycles. The molecule has 249 valence electrons. The molecule has 0 atom stereocenters. The summed E-state index contributed by atoms with van der Waals surface area (Å²) in [6.07, 6.45) is 7.90. The molecule has 52 heavy (non-hydrogen) atoms. The van der Waals surface area contributed by atoms with E-state index >= 15 is 0 Å². The van der Waals surface area contributed by atoms with E-state index in [1.807, 2.05) is 158 Å². The van der Waals surface area contributed by atoms with Gasteiger partial charge in [-0.25, -0.2) is 15.0 Å². The molecular weight excluding hydrogens is 692 g/mol. The van der Waals surface area contributed by atoms with E-state index in [1.54, 1.807) is 0 Å². The van der Waals surface area contributed by atoms with Crippen molar-refractivity contribution in [3.63, 3.8) is 0 Å². The van der Waals surface area contributed by atoms with Crippen molar-refractivity contribution in [3.05, 3.63) is 219 Å². The van der Waals surface area contributed by atoms with Crippen LogP contribution in [0.2, 0.25) is 0 Å². The van der Waals surface area contributed by atoms with Gasteiger partial charge in [-0.3, -0.25) is 0 Å². The molecule has 4 aliphatic rings. The molecule has 0 spiro atoms. The minimum atomic E-state index is -0.508. The van der Waals surface area contributed by atoms with Crippen LogP contribution in [0.3, 0.4) is 0 Å². The van der Waals surface area contributed by atoms with Crippen LogP contribution in [0, 0.1) is 0 Å². The van der Waals surface area contributed by atoms with Gasteiger partial charge in [0, 0.05) is 22.5 Å². The van der Waals surface area contributed by atoms with Gasteiger partial charge in [0.15, 0.2) is 5.71 Å². The Morgan fingerprint density at radius 3 is 1.42 bits per heavy atom. The smallest absolute Gasteiger partial charge is 0.866 e. The fourth-order valence-corrected chi connectivity index (χ4v) is 6.88. The van der Waals surface area contributed by atoms with Gasteiger partial charge in [-0.15, -0.1) is 10.7 Å². The average molecular weight is 718 g/mol. The monoisotopic (exact) mass is 717 g/mol. The minimum Gasteiger partial charge on any atom is -0.866 e. The number of nitrogens with zero attached hydrogens (tertiary/aromatic N) is 6. The number of fused-ring (bicyclic) bond motifs is 5. The van der Waals surface area contributed by atoms with Gasteiger partial charge in [0.2, 0.25) is 0 Å². The second kappa shape index (κ2) is 13.6. The molecule has 5 heterocycles. The number of aromatic nitrogens is 1. The van der Waals surface area contributed by atoms with Crippen molar-refractivity contribution < 1.29 is 27.0 Å². The maximum absolute atomic E-state index is 14.4. The number of allylic oxidation sites excluding steroid dienone is 7. The van der Waals surface area contributed by atoms with Crippen LogP contribution in [0.1, 0.15) is 22.3 Å². The number of aliphatic imine (C=N–C) groups is 3.